The zero-order chi connectivity index (χ0) is 23.5. The molecule has 0 aromatic heterocycles. The predicted octanol–water partition coefficient (Wildman–Crippen LogP) is 7.45. The van der Waals surface area contributed by atoms with Crippen LogP contribution in [0.3, 0.4) is 0 Å². The maximum Gasteiger partial charge on any atom is 0.0639 e. The predicted molar refractivity (Wildman–Crippen MR) is 134 cm³/mol. The Hall–Kier alpha value is -0.600. The highest BCUT2D eigenvalue weighted by atomic mass is 16.3. The van der Waals surface area contributed by atoms with E-state index in [4.69, 9.17) is 0 Å². The molecule has 182 valence electrons. The van der Waals surface area contributed by atoms with Crippen molar-refractivity contribution in [2.45, 2.75) is 119 Å². The van der Waals surface area contributed by atoms with E-state index in [2.05, 4.69) is 47.6 Å². The van der Waals surface area contributed by atoms with Gasteiger partial charge in [0.25, 0.3) is 0 Å². The Balaban J connectivity index is 1.62. The standard InChI is InChI=1S/C30H50O2/c1-20(19-31)9-8-10-21(2)22-13-17-30(7)24-11-12-25-27(3,4)26(32)15-16-28(25,5)23(24)14-18-29(22,30)6/h9,21-22,25-26,31-32H,8,10-19H2,1-7H3/b20-9-/t21-,22-,25-,26+,28+,29-,30+/m0/s1. The molecule has 4 aliphatic rings. The van der Waals surface area contributed by atoms with Gasteiger partial charge in [-0.1, -0.05) is 64.3 Å². The third-order valence-corrected chi connectivity index (χ3v) is 11.8. The summed E-state index contributed by atoms with van der Waals surface area (Å²) in [5.41, 5.74) is 5.86. The first kappa shape index (κ1) is 24.5. The fourth-order valence-electron chi connectivity index (χ4n) is 9.49. The minimum atomic E-state index is -0.146. The summed E-state index contributed by atoms with van der Waals surface area (Å²) in [7, 11) is 0. The molecule has 0 bridgehead atoms. The van der Waals surface area contributed by atoms with Crippen molar-refractivity contribution in [2.75, 3.05) is 6.61 Å². The molecule has 0 aliphatic heterocycles. The second-order valence-corrected chi connectivity index (χ2v) is 13.5. The molecule has 4 rings (SSSR count). The molecule has 0 aromatic rings. The summed E-state index contributed by atoms with van der Waals surface area (Å²) in [6.07, 6.45) is 14.5. The smallest absolute Gasteiger partial charge is 0.0639 e. The van der Waals surface area contributed by atoms with Crippen LogP contribution in [-0.4, -0.2) is 22.9 Å². The van der Waals surface area contributed by atoms with Gasteiger partial charge in [-0.05, 0) is 111 Å². The van der Waals surface area contributed by atoms with Gasteiger partial charge in [-0.25, -0.2) is 0 Å². The maximum absolute atomic E-state index is 10.8. The van der Waals surface area contributed by atoms with Crippen LogP contribution >= 0.6 is 0 Å². The Bertz CT molecular complexity index is 791. The highest BCUT2D eigenvalue weighted by Gasteiger charge is 2.63. The normalized spacial score (nSPS) is 44.7. The average molecular weight is 443 g/mol. The number of allylic oxidation sites excluding steroid dienone is 3. The number of aliphatic hydroxyl groups excluding tert-OH is 2. The lowest BCUT2D eigenvalue weighted by atomic mass is 9.43. The van der Waals surface area contributed by atoms with E-state index in [1.165, 1.54) is 51.4 Å². The van der Waals surface area contributed by atoms with Gasteiger partial charge in [-0.3, -0.25) is 0 Å². The van der Waals surface area contributed by atoms with Gasteiger partial charge in [-0.2, -0.15) is 0 Å². The van der Waals surface area contributed by atoms with Gasteiger partial charge in [0.1, 0.15) is 0 Å². The Labute approximate surface area is 198 Å². The molecule has 2 N–H and O–H groups in total. The maximum atomic E-state index is 10.8. The number of aliphatic hydroxyl groups is 2. The molecule has 0 spiro atoms. The van der Waals surface area contributed by atoms with Crippen molar-refractivity contribution in [3.63, 3.8) is 0 Å². The fraction of sp³-hybridized carbons (Fsp3) is 0.867. The van der Waals surface area contributed by atoms with Crippen LogP contribution in [0, 0.1) is 39.4 Å². The van der Waals surface area contributed by atoms with E-state index in [-0.39, 0.29) is 23.5 Å². The monoisotopic (exact) mass is 442 g/mol. The molecule has 0 heterocycles. The fourth-order valence-corrected chi connectivity index (χ4v) is 9.49. The molecule has 0 saturated heterocycles. The molecule has 0 aromatic carbocycles. The number of hydrogen-bond donors (Lipinski definition) is 2. The lowest BCUT2D eigenvalue weighted by Crippen LogP contribution is -2.55. The number of fused-ring (bicyclic) bond motifs is 4. The van der Waals surface area contributed by atoms with Gasteiger partial charge in [0.05, 0.1) is 12.7 Å². The second-order valence-electron chi connectivity index (χ2n) is 13.5. The quantitative estimate of drug-likeness (QED) is 0.434. The van der Waals surface area contributed by atoms with Crippen molar-refractivity contribution >= 4 is 0 Å². The van der Waals surface area contributed by atoms with E-state index < -0.39 is 0 Å². The van der Waals surface area contributed by atoms with Crippen LogP contribution in [0.15, 0.2) is 22.8 Å². The highest BCUT2D eigenvalue weighted by Crippen LogP contribution is 2.72. The van der Waals surface area contributed by atoms with Crippen LogP contribution in [0.5, 0.6) is 0 Å². The van der Waals surface area contributed by atoms with Gasteiger partial charge in [-0.15, -0.1) is 0 Å². The average Bonchev–Trinajstić information content (AvgIpc) is 3.02. The van der Waals surface area contributed by atoms with Crippen LogP contribution in [-0.2, 0) is 0 Å². The molecular weight excluding hydrogens is 392 g/mol. The summed E-state index contributed by atoms with van der Waals surface area (Å²) in [4.78, 5) is 0. The van der Waals surface area contributed by atoms with Gasteiger partial charge < -0.3 is 10.2 Å². The largest absolute Gasteiger partial charge is 0.393 e. The molecule has 2 heteroatoms. The Morgan fingerprint density at radius 1 is 1.00 bits per heavy atom. The summed E-state index contributed by atoms with van der Waals surface area (Å²) >= 11 is 0. The van der Waals surface area contributed by atoms with Crippen molar-refractivity contribution in [1.29, 1.82) is 0 Å². The van der Waals surface area contributed by atoms with Crippen molar-refractivity contribution < 1.29 is 10.2 Å². The minimum Gasteiger partial charge on any atom is -0.393 e. The van der Waals surface area contributed by atoms with E-state index in [0.717, 1.165) is 30.3 Å². The first-order chi connectivity index (χ1) is 14.9. The van der Waals surface area contributed by atoms with E-state index >= 15 is 0 Å². The molecule has 2 fully saturated rings. The summed E-state index contributed by atoms with van der Waals surface area (Å²) in [6, 6.07) is 0. The lowest BCUT2D eigenvalue weighted by Gasteiger charge is -2.62. The van der Waals surface area contributed by atoms with Gasteiger partial charge >= 0.3 is 0 Å². The van der Waals surface area contributed by atoms with Crippen molar-refractivity contribution in [1.82, 2.24) is 0 Å². The third-order valence-electron chi connectivity index (χ3n) is 11.8. The number of rotatable bonds is 5. The number of hydrogen-bond acceptors (Lipinski definition) is 2. The second kappa shape index (κ2) is 8.26. The SMILES string of the molecule is C/C(=C/CC[C@H](C)[C@@H]1CC[C@]2(C)C3=C(CC[C@@]12C)[C@@]1(C)CC[C@@H](O)C(C)(C)[C@@H]1CC3)CO. The summed E-state index contributed by atoms with van der Waals surface area (Å²) < 4.78 is 0. The van der Waals surface area contributed by atoms with Crippen LogP contribution in [0.2, 0.25) is 0 Å². The Morgan fingerprint density at radius 3 is 2.41 bits per heavy atom. The first-order valence-electron chi connectivity index (χ1n) is 13.6. The van der Waals surface area contributed by atoms with Gasteiger partial charge in [0.2, 0.25) is 0 Å². The van der Waals surface area contributed by atoms with E-state index in [9.17, 15) is 10.2 Å². The zero-order valence-corrected chi connectivity index (χ0v) is 22.1. The molecule has 2 nitrogen and oxygen atoms in total. The van der Waals surface area contributed by atoms with Crippen LogP contribution in [0.25, 0.3) is 0 Å². The highest BCUT2D eigenvalue weighted by molar-refractivity contribution is 5.38. The molecule has 2 saturated carbocycles. The van der Waals surface area contributed by atoms with Gasteiger partial charge in [0, 0.05) is 0 Å². The third kappa shape index (κ3) is 3.41. The topological polar surface area (TPSA) is 40.5 Å². The summed E-state index contributed by atoms with van der Waals surface area (Å²) in [5.74, 6) is 2.16. The van der Waals surface area contributed by atoms with E-state index in [1.54, 1.807) is 0 Å². The summed E-state index contributed by atoms with van der Waals surface area (Å²) in [5, 5.41) is 20.1. The molecular formula is C30H50O2. The van der Waals surface area contributed by atoms with Gasteiger partial charge in [0.15, 0.2) is 0 Å². The van der Waals surface area contributed by atoms with E-state index in [0.29, 0.717) is 16.7 Å². The van der Waals surface area contributed by atoms with Crippen molar-refractivity contribution in [2.24, 2.45) is 39.4 Å². The van der Waals surface area contributed by atoms with E-state index in [1.807, 2.05) is 18.1 Å². The van der Waals surface area contributed by atoms with Crippen LogP contribution < -0.4 is 0 Å². The minimum absolute atomic E-state index is 0.0279. The zero-order valence-electron chi connectivity index (χ0n) is 22.1. The summed E-state index contributed by atoms with van der Waals surface area (Å²) in [6.45, 7) is 17.2. The molecule has 4 aliphatic carbocycles. The first-order valence-corrected chi connectivity index (χ1v) is 13.6. The molecule has 0 unspecified atom stereocenters. The van der Waals surface area contributed by atoms with Crippen molar-refractivity contribution in [3.05, 3.63) is 22.8 Å². The van der Waals surface area contributed by atoms with Crippen LogP contribution in [0.1, 0.15) is 113 Å². The molecule has 7 atom stereocenters. The molecule has 32 heavy (non-hydrogen) atoms. The van der Waals surface area contributed by atoms with Crippen molar-refractivity contribution in [3.8, 4) is 0 Å². The molecule has 0 radical (unpaired) electrons. The molecule has 0 amide bonds. The lowest BCUT2D eigenvalue weighted by molar-refractivity contribution is -0.0962. The van der Waals surface area contributed by atoms with Crippen LogP contribution in [0.4, 0.5) is 0 Å². The Morgan fingerprint density at radius 2 is 1.72 bits per heavy atom. The Kier molecular flexibility index (Phi) is 6.33.